The summed E-state index contributed by atoms with van der Waals surface area (Å²) in [5.41, 5.74) is 2.83. The molecule has 9 heteroatoms. The molecule has 210 valence electrons. The number of aromatic nitrogens is 1. The molecule has 1 aromatic heterocycles. The van der Waals surface area contributed by atoms with E-state index in [1.807, 2.05) is 86.0 Å². The minimum Gasteiger partial charge on any atom is -0.493 e. The van der Waals surface area contributed by atoms with Crippen LogP contribution in [0.2, 0.25) is 0 Å². The van der Waals surface area contributed by atoms with Gasteiger partial charge < -0.3 is 14.2 Å². The topological polar surface area (TPSA) is 79.1 Å². The molecule has 5 rings (SSSR count). The molecule has 1 atom stereocenters. The molecule has 3 aromatic carbocycles. The number of hydrogen-bond donors (Lipinski definition) is 0. The molecule has 1 aliphatic heterocycles. The largest absolute Gasteiger partial charge is 0.493 e. The number of carbonyl (C=O) groups is 1. The van der Waals surface area contributed by atoms with Gasteiger partial charge in [-0.25, -0.2) is 9.79 Å². The fraction of sp³-hybridized carbons (Fsp3) is 0.219. The highest BCUT2D eigenvalue weighted by Gasteiger charge is 2.35. The van der Waals surface area contributed by atoms with Crippen molar-refractivity contribution in [2.24, 2.45) is 4.99 Å². The van der Waals surface area contributed by atoms with E-state index in [1.54, 1.807) is 36.4 Å². The Kier molecular flexibility index (Phi) is 8.75. The van der Waals surface area contributed by atoms with Crippen molar-refractivity contribution in [2.45, 2.75) is 24.8 Å². The van der Waals surface area contributed by atoms with Crippen LogP contribution in [0.1, 0.15) is 36.6 Å². The Hall–Kier alpha value is -4.08. The molecule has 1 aliphatic rings. The molecular weight excluding hydrogens is 556 g/mol. The van der Waals surface area contributed by atoms with Crippen LogP contribution in [0.3, 0.4) is 0 Å². The number of benzene rings is 3. The minimum atomic E-state index is -0.727. The summed E-state index contributed by atoms with van der Waals surface area (Å²) in [4.78, 5) is 34.2. The van der Waals surface area contributed by atoms with Crippen LogP contribution >= 0.6 is 23.1 Å². The summed E-state index contributed by atoms with van der Waals surface area (Å²) in [5.74, 6) is 0.635. The van der Waals surface area contributed by atoms with Gasteiger partial charge in [0.05, 0.1) is 42.2 Å². The van der Waals surface area contributed by atoms with Crippen molar-refractivity contribution in [3.63, 3.8) is 0 Å². The molecule has 0 N–H and O–H groups in total. The Bertz CT molecular complexity index is 1770. The number of hydrogen-bond acceptors (Lipinski definition) is 8. The van der Waals surface area contributed by atoms with Gasteiger partial charge in [-0.15, -0.1) is 11.8 Å². The monoisotopic (exact) mass is 586 g/mol. The van der Waals surface area contributed by atoms with Crippen LogP contribution in [0.15, 0.2) is 93.1 Å². The average Bonchev–Trinajstić information content (AvgIpc) is 3.32. The van der Waals surface area contributed by atoms with E-state index in [0.717, 1.165) is 16.0 Å². The third kappa shape index (κ3) is 5.60. The molecule has 0 aliphatic carbocycles. The van der Waals surface area contributed by atoms with Gasteiger partial charge >= 0.3 is 5.97 Å². The summed E-state index contributed by atoms with van der Waals surface area (Å²) in [6, 6.07) is 22.2. The highest BCUT2D eigenvalue weighted by Crippen LogP contribution is 2.36. The summed E-state index contributed by atoms with van der Waals surface area (Å²) in [6.07, 6.45) is 3.80. The molecule has 0 unspecified atom stereocenters. The Morgan fingerprint density at radius 1 is 1.02 bits per heavy atom. The first-order chi connectivity index (χ1) is 20.0. The summed E-state index contributed by atoms with van der Waals surface area (Å²) < 4.78 is 19.0. The van der Waals surface area contributed by atoms with Crippen LogP contribution in [0.4, 0.5) is 0 Å². The molecule has 4 aromatic rings. The van der Waals surface area contributed by atoms with E-state index < -0.39 is 12.0 Å². The van der Waals surface area contributed by atoms with Gasteiger partial charge in [-0.3, -0.25) is 9.36 Å². The van der Waals surface area contributed by atoms with Crippen LogP contribution in [0.25, 0.3) is 11.8 Å². The van der Waals surface area contributed by atoms with Crippen molar-refractivity contribution in [1.29, 1.82) is 0 Å². The molecule has 0 saturated carbocycles. The maximum atomic E-state index is 14.1. The molecule has 41 heavy (non-hydrogen) atoms. The normalized spacial score (nSPS) is 14.8. The second-order valence-corrected chi connectivity index (χ2v) is 10.9. The lowest BCUT2D eigenvalue weighted by Gasteiger charge is -2.26. The number of methoxy groups -OCH3 is 1. The Morgan fingerprint density at radius 2 is 1.78 bits per heavy atom. The Labute approximate surface area is 246 Å². The molecule has 7 nitrogen and oxygen atoms in total. The first kappa shape index (κ1) is 28.4. The molecule has 2 heterocycles. The van der Waals surface area contributed by atoms with Gasteiger partial charge in [0.1, 0.15) is 0 Å². The molecule has 0 radical (unpaired) electrons. The maximum absolute atomic E-state index is 14.1. The summed E-state index contributed by atoms with van der Waals surface area (Å²) in [7, 11) is 1.58. The number of thioether (sulfide) groups is 1. The van der Waals surface area contributed by atoms with Crippen molar-refractivity contribution in [3.8, 4) is 11.5 Å². The van der Waals surface area contributed by atoms with Crippen molar-refractivity contribution in [1.82, 2.24) is 4.57 Å². The number of nitrogens with zero attached hydrogens (tertiary/aromatic N) is 2. The van der Waals surface area contributed by atoms with Gasteiger partial charge in [-0.05, 0) is 49.9 Å². The highest BCUT2D eigenvalue weighted by atomic mass is 32.2. The maximum Gasteiger partial charge on any atom is 0.338 e. The second kappa shape index (κ2) is 12.6. The molecule has 0 amide bonds. The predicted octanol–water partition coefficient (Wildman–Crippen LogP) is 5.06. The van der Waals surface area contributed by atoms with Crippen LogP contribution in [-0.4, -0.2) is 37.1 Å². The third-order valence-electron chi connectivity index (χ3n) is 6.61. The number of fused-ring (bicyclic) bond motifs is 1. The lowest BCUT2D eigenvalue weighted by molar-refractivity contribution is -0.138. The van der Waals surface area contributed by atoms with Gasteiger partial charge in [0.15, 0.2) is 16.3 Å². The van der Waals surface area contributed by atoms with Gasteiger partial charge in [0.25, 0.3) is 5.56 Å². The van der Waals surface area contributed by atoms with E-state index in [9.17, 15) is 9.59 Å². The van der Waals surface area contributed by atoms with Crippen LogP contribution in [-0.2, 0) is 9.53 Å². The number of thiazole rings is 1. The third-order valence-corrected chi connectivity index (χ3v) is 8.34. The predicted molar refractivity (Wildman–Crippen MR) is 163 cm³/mol. The van der Waals surface area contributed by atoms with Gasteiger partial charge in [0, 0.05) is 16.0 Å². The molecule has 0 spiro atoms. The average molecular weight is 587 g/mol. The standard InChI is InChI=1S/C32H30N2O5S2/c1-5-38-29-22(13-10-14-24(29)37-3)19-25-30(35)34-28(21-15-17-23(40-4)18-16-21)26(31(36)39-6-2)27(33-32(34)41-25)20-11-8-7-9-12-20/h7-19,28H,5-6H2,1-4H3/b25-19-/t28-/m1/s1. The number of esters is 1. The first-order valence-electron chi connectivity index (χ1n) is 13.2. The van der Waals surface area contributed by atoms with E-state index in [2.05, 4.69) is 0 Å². The lowest BCUT2D eigenvalue weighted by Crippen LogP contribution is -2.40. The SMILES string of the molecule is CCOC(=O)C1=C(c2ccccc2)N=c2s/c(=C\c3cccc(OC)c3OCC)c(=O)n2[C@@H]1c1ccc(SC)cc1. The quantitative estimate of drug-likeness (QED) is 0.201. The van der Waals surface area contributed by atoms with Crippen molar-refractivity contribution in [2.75, 3.05) is 26.6 Å². The van der Waals surface area contributed by atoms with Gasteiger partial charge in [-0.2, -0.15) is 0 Å². The van der Waals surface area contributed by atoms with Crippen molar-refractivity contribution < 1.29 is 19.0 Å². The summed E-state index contributed by atoms with van der Waals surface area (Å²) in [6.45, 7) is 4.30. The van der Waals surface area contributed by atoms with Crippen LogP contribution < -0.4 is 24.4 Å². The van der Waals surface area contributed by atoms with Gasteiger partial charge in [-0.1, -0.05) is 65.9 Å². The molecule has 0 bridgehead atoms. The lowest BCUT2D eigenvalue weighted by atomic mass is 9.93. The van der Waals surface area contributed by atoms with Crippen LogP contribution in [0.5, 0.6) is 11.5 Å². The number of ether oxygens (including phenoxy) is 3. The zero-order valence-electron chi connectivity index (χ0n) is 23.2. The van der Waals surface area contributed by atoms with E-state index >= 15 is 0 Å². The van der Waals surface area contributed by atoms with Crippen molar-refractivity contribution in [3.05, 3.63) is 115 Å². The minimum absolute atomic E-state index is 0.197. The zero-order chi connectivity index (χ0) is 28.9. The molecule has 0 fully saturated rings. The van der Waals surface area contributed by atoms with Gasteiger partial charge in [0.2, 0.25) is 0 Å². The molecule has 0 saturated heterocycles. The number of para-hydroxylation sites is 1. The highest BCUT2D eigenvalue weighted by molar-refractivity contribution is 7.98. The number of carbonyl (C=O) groups excluding carboxylic acids is 1. The number of rotatable bonds is 9. The van der Waals surface area contributed by atoms with E-state index in [-0.39, 0.29) is 12.2 Å². The fourth-order valence-corrected chi connectivity index (χ4v) is 6.19. The van der Waals surface area contributed by atoms with Crippen LogP contribution in [0, 0.1) is 0 Å². The second-order valence-electron chi connectivity index (χ2n) is 9.02. The molecular formula is C32H30N2O5S2. The zero-order valence-corrected chi connectivity index (χ0v) is 24.9. The first-order valence-corrected chi connectivity index (χ1v) is 15.3. The van der Waals surface area contributed by atoms with E-state index in [1.165, 1.54) is 11.3 Å². The fourth-order valence-electron chi connectivity index (χ4n) is 4.79. The summed E-state index contributed by atoms with van der Waals surface area (Å²) >= 11 is 2.89. The van der Waals surface area contributed by atoms with E-state index in [0.29, 0.717) is 44.3 Å². The Balaban J connectivity index is 1.81. The van der Waals surface area contributed by atoms with E-state index in [4.69, 9.17) is 19.2 Å². The summed E-state index contributed by atoms with van der Waals surface area (Å²) in [5, 5.41) is 0. The smallest absolute Gasteiger partial charge is 0.338 e. The Morgan fingerprint density at radius 3 is 2.44 bits per heavy atom. The van der Waals surface area contributed by atoms with Crippen molar-refractivity contribution >= 4 is 40.8 Å².